The molecule has 2 aromatic heterocycles. The van der Waals surface area contributed by atoms with E-state index in [-0.39, 0.29) is 24.1 Å². The van der Waals surface area contributed by atoms with Crippen molar-refractivity contribution >= 4 is 21.6 Å². The van der Waals surface area contributed by atoms with Crippen LogP contribution >= 0.6 is 11.3 Å². The number of hydrogen-bond donors (Lipinski definition) is 2. The molecule has 0 bridgehead atoms. The van der Waals surface area contributed by atoms with Gasteiger partial charge in [-0.2, -0.15) is 0 Å². The molecule has 0 spiro atoms. The quantitative estimate of drug-likeness (QED) is 0.635. The molecule has 2 aromatic rings. The van der Waals surface area contributed by atoms with Crippen LogP contribution in [0.25, 0.3) is 10.2 Å². The summed E-state index contributed by atoms with van der Waals surface area (Å²) >= 11 is 1.24. The fraction of sp³-hybridized carbons (Fsp3) is 0.647. The van der Waals surface area contributed by atoms with Crippen LogP contribution < -0.4 is 22.3 Å². The van der Waals surface area contributed by atoms with Gasteiger partial charge >= 0.3 is 12.1 Å². The fourth-order valence-electron chi connectivity index (χ4n) is 3.29. The topological polar surface area (TPSA) is 91.3 Å². The molecule has 0 amide bonds. The van der Waals surface area contributed by atoms with Gasteiger partial charge in [0.15, 0.2) is 0 Å². The van der Waals surface area contributed by atoms with E-state index in [9.17, 15) is 22.8 Å². The Kier molecular flexibility index (Phi) is 5.99. The lowest BCUT2D eigenvalue weighted by molar-refractivity contribution is -0.325. The maximum absolute atomic E-state index is 13.0. The van der Waals surface area contributed by atoms with Gasteiger partial charge < -0.3 is 11.1 Å². The summed E-state index contributed by atoms with van der Waals surface area (Å²) in [7, 11) is 0. The van der Waals surface area contributed by atoms with Crippen LogP contribution in [0.15, 0.2) is 9.59 Å². The number of ether oxygens (including phenoxy) is 1. The predicted molar refractivity (Wildman–Crippen MR) is 101 cm³/mol. The van der Waals surface area contributed by atoms with Gasteiger partial charge in [0, 0.05) is 30.6 Å². The third kappa shape index (κ3) is 4.17. The van der Waals surface area contributed by atoms with E-state index in [1.807, 2.05) is 6.92 Å². The number of halogens is 3. The van der Waals surface area contributed by atoms with Gasteiger partial charge in [0.25, 0.3) is 5.56 Å². The van der Waals surface area contributed by atoms with E-state index in [4.69, 9.17) is 5.73 Å². The van der Waals surface area contributed by atoms with E-state index in [2.05, 4.69) is 10.1 Å². The molecule has 7 nitrogen and oxygen atoms in total. The zero-order chi connectivity index (χ0) is 20.6. The Hall–Kier alpha value is -1.69. The molecule has 0 saturated heterocycles. The molecule has 2 unspecified atom stereocenters. The summed E-state index contributed by atoms with van der Waals surface area (Å²) in [6.45, 7) is 4.25. The van der Waals surface area contributed by atoms with E-state index >= 15 is 0 Å². The molecule has 0 radical (unpaired) electrons. The normalized spacial score (nSPS) is 19.5. The summed E-state index contributed by atoms with van der Waals surface area (Å²) < 4.78 is 43.4. The van der Waals surface area contributed by atoms with Gasteiger partial charge in [0.05, 0.1) is 18.5 Å². The zero-order valence-electron chi connectivity index (χ0n) is 15.6. The molecule has 1 fully saturated rings. The second kappa shape index (κ2) is 7.97. The van der Waals surface area contributed by atoms with Crippen molar-refractivity contribution in [3.63, 3.8) is 0 Å². The first-order valence-corrected chi connectivity index (χ1v) is 9.86. The van der Waals surface area contributed by atoms with Gasteiger partial charge in [-0.15, -0.1) is 24.5 Å². The lowest BCUT2D eigenvalue weighted by Crippen LogP contribution is -2.40. The van der Waals surface area contributed by atoms with Crippen LogP contribution in [0.5, 0.6) is 0 Å². The van der Waals surface area contributed by atoms with Gasteiger partial charge in [-0.05, 0) is 24.8 Å². The first-order chi connectivity index (χ1) is 13.2. The monoisotopic (exact) mass is 420 g/mol. The molecule has 156 valence electrons. The molecule has 2 heterocycles. The first kappa shape index (κ1) is 21.0. The Morgan fingerprint density at radius 3 is 2.61 bits per heavy atom. The molecule has 1 saturated carbocycles. The highest BCUT2D eigenvalue weighted by Crippen LogP contribution is 2.41. The predicted octanol–water partition coefficient (Wildman–Crippen LogP) is 1.70. The summed E-state index contributed by atoms with van der Waals surface area (Å²) in [6, 6.07) is -0.211. The Balaban J connectivity index is 2.08. The van der Waals surface area contributed by atoms with Crippen molar-refractivity contribution < 1.29 is 17.9 Å². The number of nitrogens with one attached hydrogen (secondary N) is 1. The minimum absolute atomic E-state index is 0.187. The highest BCUT2D eigenvalue weighted by atomic mass is 32.1. The standard InChI is InChI=1S/C17H23F3N4O3S/c1-9-7-11(9)24-14(25)13-10(2)12(8-22-4-3-21)28-15(13)23(16(24)26)5-6-27-17(18,19)20/h9,11,22H,3-8,21H2,1-2H3. The van der Waals surface area contributed by atoms with Crippen molar-refractivity contribution in [2.24, 2.45) is 11.7 Å². The number of thiophene rings is 1. The summed E-state index contributed by atoms with van der Waals surface area (Å²) in [5.74, 6) is 0.187. The first-order valence-electron chi connectivity index (χ1n) is 9.04. The van der Waals surface area contributed by atoms with Crippen LogP contribution in [0, 0.1) is 12.8 Å². The van der Waals surface area contributed by atoms with Crippen LogP contribution in [0.1, 0.15) is 29.8 Å². The zero-order valence-corrected chi connectivity index (χ0v) is 16.5. The van der Waals surface area contributed by atoms with E-state index in [1.165, 1.54) is 20.5 Å². The minimum atomic E-state index is -4.77. The summed E-state index contributed by atoms with van der Waals surface area (Å²) in [5, 5.41) is 3.53. The van der Waals surface area contributed by atoms with Crippen molar-refractivity contribution in [3.05, 3.63) is 31.3 Å². The highest BCUT2D eigenvalue weighted by Gasteiger charge is 2.38. The number of aromatic nitrogens is 2. The van der Waals surface area contributed by atoms with Crippen molar-refractivity contribution in [3.8, 4) is 0 Å². The lowest BCUT2D eigenvalue weighted by Gasteiger charge is -2.13. The third-order valence-electron chi connectivity index (χ3n) is 4.93. The number of nitrogens with two attached hydrogens (primary N) is 1. The molecule has 3 N–H and O–H groups in total. The summed E-state index contributed by atoms with van der Waals surface area (Å²) in [4.78, 5) is 27.2. The van der Waals surface area contributed by atoms with Gasteiger partial charge in [-0.1, -0.05) is 6.92 Å². The van der Waals surface area contributed by atoms with Crippen molar-refractivity contribution in [1.29, 1.82) is 0 Å². The molecule has 0 aromatic carbocycles. The Morgan fingerprint density at radius 2 is 2.04 bits per heavy atom. The molecular weight excluding hydrogens is 397 g/mol. The average molecular weight is 420 g/mol. The Bertz CT molecular complexity index is 979. The maximum atomic E-state index is 13.0. The van der Waals surface area contributed by atoms with Gasteiger partial charge in [0.2, 0.25) is 0 Å². The summed E-state index contributed by atoms with van der Waals surface area (Å²) in [6.07, 6.45) is -4.07. The molecule has 1 aliphatic carbocycles. The van der Waals surface area contributed by atoms with Crippen molar-refractivity contribution in [2.45, 2.75) is 45.8 Å². The van der Waals surface area contributed by atoms with Gasteiger partial charge in [-0.25, -0.2) is 4.79 Å². The van der Waals surface area contributed by atoms with Crippen molar-refractivity contribution in [2.75, 3.05) is 19.7 Å². The summed E-state index contributed by atoms with van der Waals surface area (Å²) in [5.41, 5.74) is 5.25. The van der Waals surface area contributed by atoms with E-state index < -0.39 is 18.7 Å². The van der Waals surface area contributed by atoms with Crippen molar-refractivity contribution in [1.82, 2.24) is 14.5 Å². The van der Waals surface area contributed by atoms with Gasteiger partial charge in [-0.3, -0.25) is 18.7 Å². The van der Waals surface area contributed by atoms with Crippen LogP contribution in [-0.2, 0) is 17.8 Å². The number of aryl methyl sites for hydroxylation is 1. The third-order valence-corrected chi connectivity index (χ3v) is 6.24. The molecule has 0 aliphatic heterocycles. The number of fused-ring (bicyclic) bond motifs is 1. The SMILES string of the molecule is Cc1c(CNCCN)sc2c1c(=O)n(C1CC1C)c(=O)n2CCOC(F)(F)F. The van der Waals surface area contributed by atoms with Crippen LogP contribution in [0.2, 0.25) is 0 Å². The van der Waals surface area contributed by atoms with E-state index in [0.29, 0.717) is 36.3 Å². The number of rotatable bonds is 8. The van der Waals surface area contributed by atoms with Gasteiger partial charge in [0.1, 0.15) is 4.83 Å². The van der Waals surface area contributed by atoms with Crippen LogP contribution in [0.4, 0.5) is 13.2 Å². The minimum Gasteiger partial charge on any atom is -0.329 e. The van der Waals surface area contributed by atoms with E-state index in [0.717, 1.165) is 10.4 Å². The number of nitrogens with zero attached hydrogens (tertiary/aromatic N) is 2. The van der Waals surface area contributed by atoms with E-state index in [1.54, 1.807) is 6.92 Å². The molecule has 1 aliphatic rings. The molecular formula is C17H23F3N4O3S. The molecule has 2 atom stereocenters. The lowest BCUT2D eigenvalue weighted by atomic mass is 10.2. The molecule has 28 heavy (non-hydrogen) atoms. The average Bonchev–Trinajstić information content (AvgIpc) is 3.21. The number of alkyl halides is 3. The largest absolute Gasteiger partial charge is 0.522 e. The van der Waals surface area contributed by atoms with Crippen LogP contribution in [0.3, 0.4) is 0 Å². The van der Waals surface area contributed by atoms with Crippen LogP contribution in [-0.4, -0.2) is 35.2 Å². The molecule has 11 heteroatoms. The smallest absolute Gasteiger partial charge is 0.329 e. The Labute approximate surface area is 162 Å². The fourth-order valence-corrected chi connectivity index (χ4v) is 4.57. The highest BCUT2D eigenvalue weighted by molar-refractivity contribution is 7.18. The Morgan fingerprint density at radius 1 is 1.36 bits per heavy atom. The number of hydrogen-bond acceptors (Lipinski definition) is 6. The maximum Gasteiger partial charge on any atom is 0.522 e. The second-order valence-corrected chi connectivity index (χ2v) is 8.06. The second-order valence-electron chi connectivity index (χ2n) is 6.98. The molecule has 3 rings (SSSR count).